The van der Waals surface area contributed by atoms with Gasteiger partial charge >= 0.3 is 0 Å². The van der Waals surface area contributed by atoms with Crippen LogP contribution in [0.25, 0.3) is 0 Å². The van der Waals surface area contributed by atoms with Crippen molar-refractivity contribution in [2.75, 3.05) is 32.7 Å². The Labute approximate surface area is 142 Å². The topological polar surface area (TPSA) is 52.7 Å². The van der Waals surface area contributed by atoms with E-state index in [9.17, 15) is 9.59 Å². The molecule has 2 aliphatic heterocycles. The number of carbonyl (C=O) groups is 2. The first kappa shape index (κ1) is 18.4. The summed E-state index contributed by atoms with van der Waals surface area (Å²) < 4.78 is 0. The number of rotatable bonds is 7. The van der Waals surface area contributed by atoms with Crippen molar-refractivity contribution in [3.63, 3.8) is 0 Å². The van der Waals surface area contributed by atoms with E-state index in [1.165, 1.54) is 0 Å². The number of hydrogen-bond acceptors (Lipinski definition) is 4. The molecule has 2 fully saturated rings. The van der Waals surface area contributed by atoms with Crippen LogP contribution >= 0.6 is 0 Å². The van der Waals surface area contributed by atoms with Crippen LogP contribution in [0.2, 0.25) is 0 Å². The summed E-state index contributed by atoms with van der Waals surface area (Å²) in [5.74, 6) is 0.800. The standard InChI is InChI=1S/C18H33N3O2.H2/c1-5-14(4)17(22)12-20-10-16(11-20)21-8-6-15(7-9-21)19-18(23)13(2)3;/h13-16H,5-12H2,1-4H3,(H,19,23);1H. The highest BCUT2D eigenvalue weighted by atomic mass is 16.2. The van der Waals surface area contributed by atoms with E-state index in [-0.39, 0.29) is 19.2 Å². The lowest BCUT2D eigenvalue weighted by Gasteiger charge is -2.47. The van der Waals surface area contributed by atoms with Crippen molar-refractivity contribution in [3.05, 3.63) is 0 Å². The minimum absolute atomic E-state index is 0. The molecule has 0 saturated carbocycles. The molecule has 2 rings (SSSR count). The van der Waals surface area contributed by atoms with Crippen LogP contribution in [0.5, 0.6) is 0 Å². The van der Waals surface area contributed by atoms with Gasteiger partial charge in [-0.05, 0) is 19.3 Å². The molecular weight excluding hydrogens is 290 g/mol. The monoisotopic (exact) mass is 325 g/mol. The SMILES string of the molecule is CCC(C)C(=O)CN1CC(N2CCC(NC(=O)C(C)C)CC2)C1.[HH]. The minimum Gasteiger partial charge on any atom is -0.353 e. The molecule has 134 valence electrons. The molecule has 2 aliphatic rings. The third-order valence-corrected chi connectivity index (χ3v) is 5.40. The van der Waals surface area contributed by atoms with Crippen LogP contribution in [0.4, 0.5) is 0 Å². The maximum atomic E-state index is 12.0. The van der Waals surface area contributed by atoms with Crippen molar-refractivity contribution >= 4 is 11.7 Å². The largest absolute Gasteiger partial charge is 0.353 e. The zero-order valence-corrected chi connectivity index (χ0v) is 15.2. The van der Waals surface area contributed by atoms with Gasteiger partial charge in [0.15, 0.2) is 0 Å². The first-order valence-electron chi connectivity index (χ1n) is 9.20. The molecule has 2 heterocycles. The number of hydrogen-bond donors (Lipinski definition) is 1. The lowest BCUT2D eigenvalue weighted by Crippen LogP contribution is -2.62. The van der Waals surface area contributed by atoms with E-state index in [1.807, 2.05) is 20.8 Å². The van der Waals surface area contributed by atoms with Crippen molar-refractivity contribution in [2.45, 2.75) is 59.0 Å². The highest BCUT2D eigenvalue weighted by Crippen LogP contribution is 2.21. The molecule has 0 bridgehead atoms. The Morgan fingerprint density at radius 3 is 2.30 bits per heavy atom. The zero-order chi connectivity index (χ0) is 17.0. The second-order valence-electron chi connectivity index (χ2n) is 7.60. The number of nitrogens with one attached hydrogen (secondary N) is 1. The number of Topliss-reactive ketones (excluding diaryl/α,β-unsaturated/α-hetero) is 1. The van der Waals surface area contributed by atoms with Gasteiger partial charge in [-0.1, -0.05) is 27.7 Å². The van der Waals surface area contributed by atoms with Crippen LogP contribution in [0, 0.1) is 11.8 Å². The predicted molar refractivity (Wildman–Crippen MR) is 94.4 cm³/mol. The number of piperidine rings is 1. The highest BCUT2D eigenvalue weighted by Gasteiger charge is 2.35. The molecule has 1 unspecified atom stereocenters. The number of amides is 1. The van der Waals surface area contributed by atoms with E-state index in [1.54, 1.807) is 0 Å². The molecular formula is C18H35N3O2. The van der Waals surface area contributed by atoms with Crippen LogP contribution in [-0.2, 0) is 9.59 Å². The lowest BCUT2D eigenvalue weighted by molar-refractivity contribution is -0.125. The average Bonchev–Trinajstić information content (AvgIpc) is 2.50. The lowest BCUT2D eigenvalue weighted by atomic mass is 9.97. The number of likely N-dealkylation sites (tertiary alicyclic amines) is 2. The Hall–Kier alpha value is -0.940. The second-order valence-corrected chi connectivity index (χ2v) is 7.60. The van der Waals surface area contributed by atoms with Gasteiger partial charge in [-0.3, -0.25) is 19.4 Å². The summed E-state index contributed by atoms with van der Waals surface area (Å²) in [6, 6.07) is 0.936. The van der Waals surface area contributed by atoms with E-state index in [0.717, 1.165) is 45.4 Å². The van der Waals surface area contributed by atoms with Crippen molar-refractivity contribution in [1.82, 2.24) is 15.1 Å². The summed E-state index contributed by atoms with van der Waals surface area (Å²) in [4.78, 5) is 28.5. The fourth-order valence-corrected chi connectivity index (χ4v) is 3.28. The van der Waals surface area contributed by atoms with Crippen molar-refractivity contribution < 1.29 is 11.0 Å². The average molecular weight is 325 g/mol. The maximum Gasteiger partial charge on any atom is 0.222 e. The Morgan fingerprint density at radius 1 is 1.17 bits per heavy atom. The van der Waals surface area contributed by atoms with E-state index in [4.69, 9.17) is 0 Å². The van der Waals surface area contributed by atoms with Crippen molar-refractivity contribution in [3.8, 4) is 0 Å². The second kappa shape index (κ2) is 8.25. The van der Waals surface area contributed by atoms with Gasteiger partial charge in [0.1, 0.15) is 5.78 Å². The summed E-state index contributed by atoms with van der Waals surface area (Å²) in [7, 11) is 0. The molecule has 1 atom stereocenters. The fourth-order valence-electron chi connectivity index (χ4n) is 3.28. The Balaban J connectivity index is 0.00000288. The first-order chi connectivity index (χ1) is 10.9. The van der Waals surface area contributed by atoms with Gasteiger partial charge in [-0.2, -0.15) is 0 Å². The smallest absolute Gasteiger partial charge is 0.222 e. The fraction of sp³-hybridized carbons (Fsp3) is 0.889. The summed E-state index contributed by atoms with van der Waals surface area (Å²) in [5.41, 5.74) is 0. The third-order valence-electron chi connectivity index (χ3n) is 5.40. The van der Waals surface area contributed by atoms with Gasteiger partial charge in [0.2, 0.25) is 5.91 Å². The molecule has 0 aromatic carbocycles. The molecule has 0 aromatic rings. The van der Waals surface area contributed by atoms with Gasteiger partial charge < -0.3 is 5.32 Å². The highest BCUT2D eigenvalue weighted by molar-refractivity contribution is 5.82. The molecule has 0 radical (unpaired) electrons. The number of nitrogens with zero attached hydrogens (tertiary/aromatic N) is 2. The van der Waals surface area contributed by atoms with E-state index < -0.39 is 0 Å². The Kier molecular flexibility index (Phi) is 6.60. The molecule has 0 aliphatic carbocycles. The quantitative estimate of drug-likeness (QED) is 0.775. The molecule has 1 N–H and O–H groups in total. The van der Waals surface area contributed by atoms with Gasteiger partial charge in [-0.15, -0.1) is 0 Å². The molecule has 2 saturated heterocycles. The first-order valence-corrected chi connectivity index (χ1v) is 9.20. The maximum absolute atomic E-state index is 12.0. The number of ketones is 1. The third kappa shape index (κ3) is 5.01. The molecule has 23 heavy (non-hydrogen) atoms. The van der Waals surface area contributed by atoms with Crippen molar-refractivity contribution in [2.24, 2.45) is 11.8 Å². The minimum atomic E-state index is 0. The van der Waals surface area contributed by atoms with Crippen LogP contribution in [-0.4, -0.2) is 66.3 Å². The van der Waals surface area contributed by atoms with Gasteiger partial charge in [0, 0.05) is 51.5 Å². The number of carbonyl (C=O) groups excluding carboxylic acids is 2. The molecule has 0 aromatic heterocycles. The van der Waals surface area contributed by atoms with Crippen LogP contribution in [0.15, 0.2) is 0 Å². The van der Waals surface area contributed by atoms with Gasteiger partial charge in [0.05, 0.1) is 6.54 Å². The molecule has 1 amide bonds. The Morgan fingerprint density at radius 2 is 1.78 bits per heavy atom. The van der Waals surface area contributed by atoms with Crippen LogP contribution in [0.3, 0.4) is 0 Å². The summed E-state index contributed by atoms with van der Waals surface area (Å²) in [6.45, 7) is 12.7. The zero-order valence-electron chi connectivity index (χ0n) is 15.2. The summed E-state index contributed by atoms with van der Waals surface area (Å²) in [5, 5.41) is 3.15. The predicted octanol–water partition coefficient (Wildman–Crippen LogP) is 1.77. The van der Waals surface area contributed by atoms with Gasteiger partial charge in [-0.25, -0.2) is 0 Å². The normalized spacial score (nSPS) is 22.8. The van der Waals surface area contributed by atoms with Crippen molar-refractivity contribution in [1.29, 1.82) is 0 Å². The molecule has 5 nitrogen and oxygen atoms in total. The van der Waals surface area contributed by atoms with Gasteiger partial charge in [0.25, 0.3) is 0 Å². The van der Waals surface area contributed by atoms with E-state index >= 15 is 0 Å². The van der Waals surface area contributed by atoms with Crippen LogP contribution in [0.1, 0.15) is 48.4 Å². The molecule has 0 spiro atoms. The van der Waals surface area contributed by atoms with E-state index in [0.29, 0.717) is 24.4 Å². The molecule has 5 heteroatoms. The van der Waals surface area contributed by atoms with Crippen LogP contribution < -0.4 is 5.32 Å². The summed E-state index contributed by atoms with van der Waals surface area (Å²) >= 11 is 0. The van der Waals surface area contributed by atoms with E-state index in [2.05, 4.69) is 22.0 Å². The Bertz CT molecular complexity index is 416. The summed E-state index contributed by atoms with van der Waals surface area (Å²) in [6.07, 6.45) is 3.02.